The van der Waals surface area contributed by atoms with Gasteiger partial charge in [-0.15, -0.1) is 3.77 Å². The number of benzene rings is 3. The molecule has 1 aromatic heterocycles. The topological polar surface area (TPSA) is 59.4 Å². The summed E-state index contributed by atoms with van der Waals surface area (Å²) in [6.45, 7) is 1.92. The van der Waals surface area contributed by atoms with Crippen LogP contribution in [0.15, 0.2) is 105 Å². The molecule has 0 saturated carbocycles. The zero-order chi connectivity index (χ0) is 20.3. The van der Waals surface area contributed by atoms with Gasteiger partial charge in [-0.1, -0.05) is 66.2 Å². The lowest BCUT2D eigenvalue weighted by atomic mass is 10.1. The van der Waals surface area contributed by atoms with E-state index in [1.54, 1.807) is 30.5 Å². The molecule has 6 heteroatoms. The van der Waals surface area contributed by atoms with Crippen LogP contribution in [0.25, 0.3) is 10.8 Å². The fourth-order valence-corrected chi connectivity index (χ4v) is 6.33. The SMILES string of the molecule is Cc1ccc(S(=O)(=O)/N=S(\Cc2ccc3ccccc3c2)c2ccccn2)cc1. The van der Waals surface area contributed by atoms with Crippen LogP contribution in [0.1, 0.15) is 11.1 Å². The lowest BCUT2D eigenvalue weighted by molar-refractivity contribution is 0.598. The van der Waals surface area contributed by atoms with E-state index in [1.807, 2.05) is 43.3 Å². The van der Waals surface area contributed by atoms with Gasteiger partial charge in [0.15, 0.2) is 0 Å². The van der Waals surface area contributed by atoms with Crippen LogP contribution in [0, 0.1) is 6.92 Å². The smallest absolute Gasteiger partial charge is 0.249 e. The Bertz CT molecular complexity index is 1280. The van der Waals surface area contributed by atoms with E-state index in [4.69, 9.17) is 0 Å². The van der Waals surface area contributed by atoms with Crippen molar-refractivity contribution in [3.05, 3.63) is 102 Å². The minimum atomic E-state index is -3.79. The van der Waals surface area contributed by atoms with Crippen molar-refractivity contribution in [2.45, 2.75) is 22.6 Å². The Labute approximate surface area is 173 Å². The van der Waals surface area contributed by atoms with Gasteiger partial charge < -0.3 is 0 Å². The van der Waals surface area contributed by atoms with Gasteiger partial charge in [0.25, 0.3) is 10.0 Å². The Kier molecular flexibility index (Phi) is 5.56. The van der Waals surface area contributed by atoms with Crippen LogP contribution in [0.3, 0.4) is 0 Å². The number of sulfonamides is 1. The van der Waals surface area contributed by atoms with Crippen molar-refractivity contribution in [2.75, 3.05) is 0 Å². The maximum Gasteiger partial charge on any atom is 0.288 e. The van der Waals surface area contributed by atoms with Crippen LogP contribution >= 0.6 is 0 Å². The molecule has 0 fully saturated rings. The molecule has 146 valence electrons. The molecule has 4 nitrogen and oxygen atoms in total. The van der Waals surface area contributed by atoms with Gasteiger partial charge in [0.2, 0.25) is 0 Å². The highest BCUT2D eigenvalue weighted by atomic mass is 32.3. The highest BCUT2D eigenvalue weighted by Crippen LogP contribution is 2.22. The Morgan fingerprint density at radius 2 is 1.59 bits per heavy atom. The second kappa shape index (κ2) is 8.27. The molecular formula is C23H20N2O2S2. The predicted molar refractivity (Wildman–Crippen MR) is 118 cm³/mol. The van der Waals surface area contributed by atoms with Crippen LogP contribution in [0.2, 0.25) is 0 Å². The van der Waals surface area contributed by atoms with Gasteiger partial charge in [0.1, 0.15) is 5.03 Å². The van der Waals surface area contributed by atoms with Gasteiger partial charge in [-0.05, 0) is 58.2 Å². The maximum atomic E-state index is 12.9. The van der Waals surface area contributed by atoms with Gasteiger partial charge in [0, 0.05) is 11.9 Å². The Morgan fingerprint density at radius 3 is 2.31 bits per heavy atom. The highest BCUT2D eigenvalue weighted by molar-refractivity contribution is 7.99. The number of fused-ring (bicyclic) bond motifs is 1. The lowest BCUT2D eigenvalue weighted by Gasteiger charge is -2.09. The molecule has 0 aliphatic carbocycles. The summed E-state index contributed by atoms with van der Waals surface area (Å²) >= 11 is 0. The Morgan fingerprint density at radius 1 is 0.862 bits per heavy atom. The van der Waals surface area contributed by atoms with Crippen molar-refractivity contribution < 1.29 is 8.42 Å². The number of hydrogen-bond acceptors (Lipinski definition) is 3. The van der Waals surface area contributed by atoms with E-state index in [0.717, 1.165) is 21.9 Å². The van der Waals surface area contributed by atoms with E-state index in [0.29, 0.717) is 10.8 Å². The third-order valence-corrected chi connectivity index (χ3v) is 8.21. The van der Waals surface area contributed by atoms with Crippen molar-refractivity contribution in [3.8, 4) is 0 Å². The summed E-state index contributed by atoms with van der Waals surface area (Å²) in [6.07, 6.45) is 1.67. The monoisotopic (exact) mass is 420 g/mol. The molecule has 3 aromatic carbocycles. The van der Waals surface area contributed by atoms with E-state index in [1.165, 1.54) is 0 Å². The first-order valence-electron chi connectivity index (χ1n) is 9.16. The number of pyridine rings is 1. The molecule has 29 heavy (non-hydrogen) atoms. The van der Waals surface area contributed by atoms with E-state index >= 15 is 0 Å². The summed E-state index contributed by atoms with van der Waals surface area (Å²) in [5, 5.41) is 2.94. The summed E-state index contributed by atoms with van der Waals surface area (Å²) < 4.78 is 30.2. The number of rotatable bonds is 5. The van der Waals surface area contributed by atoms with Crippen LogP contribution < -0.4 is 0 Å². The predicted octanol–water partition coefficient (Wildman–Crippen LogP) is 5.29. The number of hydrogen-bond donors (Lipinski definition) is 0. The third kappa shape index (κ3) is 4.60. The summed E-state index contributed by atoms with van der Waals surface area (Å²) in [6, 6.07) is 26.6. The van der Waals surface area contributed by atoms with Gasteiger partial charge in [-0.25, -0.2) is 4.98 Å². The average molecular weight is 421 g/mol. The van der Waals surface area contributed by atoms with Crippen molar-refractivity contribution in [3.63, 3.8) is 0 Å². The minimum Gasteiger partial charge on any atom is -0.249 e. The molecule has 1 heterocycles. The lowest BCUT2D eigenvalue weighted by Crippen LogP contribution is -2.05. The van der Waals surface area contributed by atoms with E-state index in [-0.39, 0.29) is 4.90 Å². The van der Waals surface area contributed by atoms with Crippen LogP contribution in [0.5, 0.6) is 0 Å². The minimum absolute atomic E-state index is 0.204. The molecule has 0 aliphatic heterocycles. The third-order valence-electron chi connectivity index (χ3n) is 4.50. The zero-order valence-electron chi connectivity index (χ0n) is 15.9. The largest absolute Gasteiger partial charge is 0.288 e. The Balaban J connectivity index is 1.77. The van der Waals surface area contributed by atoms with Crippen molar-refractivity contribution >= 4 is 31.5 Å². The van der Waals surface area contributed by atoms with Gasteiger partial charge in [-0.3, -0.25) is 0 Å². The fourth-order valence-electron chi connectivity index (χ4n) is 2.98. The standard InChI is InChI=1S/C23H20N2O2S2/c1-18-9-13-22(14-10-18)29(26,27)25-28(23-8-4-5-15-24-23)17-19-11-12-20-6-2-3-7-21(20)16-19/h2-16H,17H2,1H3. The molecule has 0 amide bonds. The first-order valence-corrected chi connectivity index (χ1v) is 11.9. The molecule has 1 atom stereocenters. The number of nitrogens with zero attached hydrogens (tertiary/aromatic N) is 2. The molecule has 0 spiro atoms. The quantitative estimate of drug-likeness (QED) is 0.441. The van der Waals surface area contributed by atoms with E-state index in [9.17, 15) is 8.42 Å². The number of aryl methyl sites for hydroxylation is 1. The Hall–Kier alpha value is -2.83. The molecule has 0 radical (unpaired) electrons. The molecule has 4 rings (SSSR count). The van der Waals surface area contributed by atoms with Crippen LogP contribution in [-0.2, 0) is 26.5 Å². The molecular weight excluding hydrogens is 400 g/mol. The molecule has 0 aliphatic rings. The van der Waals surface area contributed by atoms with Gasteiger partial charge in [-0.2, -0.15) is 8.42 Å². The maximum absolute atomic E-state index is 12.9. The summed E-state index contributed by atoms with van der Waals surface area (Å²) in [7, 11) is -4.72. The zero-order valence-corrected chi connectivity index (χ0v) is 17.5. The normalized spacial score (nSPS) is 12.9. The van der Waals surface area contributed by atoms with Crippen LogP contribution in [0.4, 0.5) is 0 Å². The summed E-state index contributed by atoms with van der Waals surface area (Å²) in [4.78, 5) is 4.59. The molecule has 1 unspecified atom stereocenters. The molecule has 0 bridgehead atoms. The second-order valence-electron chi connectivity index (χ2n) is 6.72. The van der Waals surface area contributed by atoms with Crippen molar-refractivity contribution in [1.29, 1.82) is 0 Å². The fraction of sp³-hybridized carbons (Fsp3) is 0.0870. The van der Waals surface area contributed by atoms with E-state index < -0.39 is 20.7 Å². The summed E-state index contributed by atoms with van der Waals surface area (Å²) in [5.41, 5.74) is 2.03. The number of aromatic nitrogens is 1. The van der Waals surface area contributed by atoms with Gasteiger partial charge in [0.05, 0.1) is 4.90 Å². The summed E-state index contributed by atoms with van der Waals surface area (Å²) in [5.74, 6) is 0.479. The van der Waals surface area contributed by atoms with Gasteiger partial charge >= 0.3 is 0 Å². The van der Waals surface area contributed by atoms with Crippen molar-refractivity contribution in [2.24, 2.45) is 3.77 Å². The highest BCUT2D eigenvalue weighted by Gasteiger charge is 2.16. The van der Waals surface area contributed by atoms with E-state index in [2.05, 4.69) is 33.0 Å². The first-order chi connectivity index (χ1) is 14.0. The molecule has 4 aromatic rings. The second-order valence-corrected chi connectivity index (χ2v) is 10.2. The van der Waals surface area contributed by atoms with Crippen molar-refractivity contribution in [1.82, 2.24) is 4.98 Å². The average Bonchev–Trinajstić information content (AvgIpc) is 2.74. The molecule has 0 saturated heterocycles. The first kappa shape index (κ1) is 19.5. The van der Waals surface area contributed by atoms with Crippen LogP contribution in [-0.4, -0.2) is 13.4 Å². The molecule has 0 N–H and O–H groups in total.